The van der Waals surface area contributed by atoms with Gasteiger partial charge in [-0.15, -0.1) is 11.3 Å². The number of halogens is 1. The first kappa shape index (κ1) is 18.2. The fourth-order valence-electron chi connectivity index (χ4n) is 2.30. The van der Waals surface area contributed by atoms with Crippen LogP contribution in [-0.2, 0) is 4.79 Å². The third kappa shape index (κ3) is 4.16. The molecule has 0 aliphatic rings. The van der Waals surface area contributed by atoms with Crippen molar-refractivity contribution >= 4 is 56.6 Å². The Morgan fingerprint density at radius 1 is 1.40 bits per heavy atom. The third-order valence-corrected chi connectivity index (χ3v) is 6.37. The highest BCUT2D eigenvalue weighted by atomic mass is 35.5. The fraction of sp³-hybridized carbons (Fsp3) is 0.353. The van der Waals surface area contributed by atoms with Gasteiger partial charge in [0.1, 0.15) is 5.82 Å². The van der Waals surface area contributed by atoms with E-state index in [0.717, 1.165) is 26.8 Å². The molecule has 0 radical (unpaired) electrons. The van der Waals surface area contributed by atoms with Gasteiger partial charge in [-0.2, -0.15) is 5.10 Å². The first-order chi connectivity index (χ1) is 12.0. The Morgan fingerprint density at radius 2 is 2.20 bits per heavy atom. The lowest BCUT2D eigenvalue weighted by molar-refractivity contribution is -0.115. The second-order valence-corrected chi connectivity index (χ2v) is 8.81. The molecule has 132 valence electrons. The standard InChI is InChI=1S/C17H19ClN4OS2/c1-4-10(2)22-15(7-8-19-22)21-16(23)11(3)24-17-20-13-9-12(18)5-6-14(13)25-17/h5-11H,4H2,1-3H3,(H,21,23)/t10-,11-/m0/s1. The summed E-state index contributed by atoms with van der Waals surface area (Å²) in [4.78, 5) is 17.1. The van der Waals surface area contributed by atoms with E-state index < -0.39 is 0 Å². The molecule has 3 rings (SSSR count). The van der Waals surface area contributed by atoms with E-state index in [2.05, 4.69) is 29.2 Å². The SMILES string of the molecule is CC[C@H](C)n1nccc1NC(=O)[C@H](C)Sc1nc2cc(Cl)ccc2s1. The van der Waals surface area contributed by atoms with E-state index in [1.807, 2.05) is 35.9 Å². The Hall–Kier alpha value is -1.57. The quantitative estimate of drug-likeness (QED) is 0.581. The molecular weight excluding hydrogens is 376 g/mol. The number of hydrogen-bond acceptors (Lipinski definition) is 5. The molecule has 25 heavy (non-hydrogen) atoms. The van der Waals surface area contributed by atoms with Gasteiger partial charge in [-0.3, -0.25) is 4.79 Å². The number of thioether (sulfide) groups is 1. The average molecular weight is 395 g/mol. The van der Waals surface area contributed by atoms with Crippen molar-refractivity contribution in [3.63, 3.8) is 0 Å². The highest BCUT2D eigenvalue weighted by Gasteiger charge is 2.19. The summed E-state index contributed by atoms with van der Waals surface area (Å²) in [7, 11) is 0. The van der Waals surface area contributed by atoms with Crippen LogP contribution in [0.1, 0.15) is 33.2 Å². The Kier molecular flexibility index (Phi) is 5.66. The molecule has 0 unspecified atom stereocenters. The van der Waals surface area contributed by atoms with Crippen LogP contribution in [0.2, 0.25) is 5.02 Å². The molecular formula is C17H19ClN4OS2. The minimum Gasteiger partial charge on any atom is -0.310 e. The number of carbonyl (C=O) groups excluding carboxylic acids is 1. The largest absolute Gasteiger partial charge is 0.310 e. The number of hydrogen-bond donors (Lipinski definition) is 1. The first-order valence-corrected chi connectivity index (χ1v) is 10.1. The van der Waals surface area contributed by atoms with Crippen LogP contribution in [0.5, 0.6) is 0 Å². The minimum absolute atomic E-state index is 0.0626. The zero-order valence-electron chi connectivity index (χ0n) is 14.2. The molecule has 1 N–H and O–H groups in total. The van der Waals surface area contributed by atoms with Gasteiger partial charge in [0, 0.05) is 11.1 Å². The summed E-state index contributed by atoms with van der Waals surface area (Å²) in [6.07, 6.45) is 2.65. The molecule has 1 aromatic carbocycles. The lowest BCUT2D eigenvalue weighted by atomic mass is 10.3. The molecule has 0 fully saturated rings. The Bertz CT molecular complexity index is 892. The summed E-state index contributed by atoms with van der Waals surface area (Å²) < 4.78 is 3.76. The smallest absolute Gasteiger partial charge is 0.238 e. The molecule has 0 saturated carbocycles. The van der Waals surface area contributed by atoms with Crippen molar-refractivity contribution in [2.45, 2.75) is 42.8 Å². The van der Waals surface area contributed by atoms with Crippen LogP contribution in [0.3, 0.4) is 0 Å². The maximum atomic E-state index is 12.5. The molecule has 0 aliphatic heterocycles. The molecule has 1 amide bonds. The number of nitrogens with zero attached hydrogens (tertiary/aromatic N) is 3. The van der Waals surface area contributed by atoms with Gasteiger partial charge in [0.25, 0.3) is 0 Å². The lowest BCUT2D eigenvalue weighted by Gasteiger charge is -2.15. The summed E-state index contributed by atoms with van der Waals surface area (Å²) in [5, 5.41) is 7.66. The van der Waals surface area contributed by atoms with E-state index in [4.69, 9.17) is 11.6 Å². The van der Waals surface area contributed by atoms with Crippen molar-refractivity contribution in [2.24, 2.45) is 0 Å². The number of amides is 1. The molecule has 2 aromatic heterocycles. The number of anilines is 1. The fourth-order valence-corrected chi connectivity index (χ4v) is 4.66. The zero-order chi connectivity index (χ0) is 18.0. The van der Waals surface area contributed by atoms with Crippen LogP contribution in [0, 0.1) is 0 Å². The van der Waals surface area contributed by atoms with Crippen LogP contribution in [-0.4, -0.2) is 25.9 Å². The summed E-state index contributed by atoms with van der Waals surface area (Å²) in [6.45, 7) is 6.05. The molecule has 0 bridgehead atoms. The summed E-state index contributed by atoms with van der Waals surface area (Å²) >= 11 is 9.02. The van der Waals surface area contributed by atoms with Gasteiger partial charge in [0.05, 0.1) is 27.7 Å². The van der Waals surface area contributed by atoms with Crippen LogP contribution < -0.4 is 5.32 Å². The van der Waals surface area contributed by atoms with Crippen molar-refractivity contribution in [3.05, 3.63) is 35.5 Å². The molecule has 2 heterocycles. The predicted octanol–water partition coefficient (Wildman–Crippen LogP) is 5.24. The lowest BCUT2D eigenvalue weighted by Crippen LogP contribution is -2.24. The number of thiazole rings is 1. The van der Waals surface area contributed by atoms with Gasteiger partial charge >= 0.3 is 0 Å². The van der Waals surface area contributed by atoms with Crippen molar-refractivity contribution in [1.82, 2.24) is 14.8 Å². The highest BCUT2D eigenvalue weighted by Crippen LogP contribution is 2.33. The maximum absolute atomic E-state index is 12.5. The van der Waals surface area contributed by atoms with E-state index in [0.29, 0.717) is 5.02 Å². The number of aromatic nitrogens is 3. The van der Waals surface area contributed by atoms with Crippen LogP contribution in [0.25, 0.3) is 10.2 Å². The molecule has 5 nitrogen and oxygen atoms in total. The second-order valence-electron chi connectivity index (χ2n) is 5.76. The van der Waals surface area contributed by atoms with Gasteiger partial charge in [0.15, 0.2) is 4.34 Å². The Balaban J connectivity index is 1.69. The predicted molar refractivity (Wildman–Crippen MR) is 106 cm³/mol. The van der Waals surface area contributed by atoms with Gasteiger partial charge < -0.3 is 5.32 Å². The van der Waals surface area contributed by atoms with Crippen LogP contribution in [0.4, 0.5) is 5.82 Å². The van der Waals surface area contributed by atoms with Crippen molar-refractivity contribution in [1.29, 1.82) is 0 Å². The average Bonchev–Trinajstić information content (AvgIpc) is 3.19. The van der Waals surface area contributed by atoms with Gasteiger partial charge in [0.2, 0.25) is 5.91 Å². The van der Waals surface area contributed by atoms with Gasteiger partial charge in [-0.25, -0.2) is 9.67 Å². The van der Waals surface area contributed by atoms with Crippen LogP contribution >= 0.6 is 34.7 Å². The van der Waals surface area contributed by atoms with E-state index in [1.54, 1.807) is 17.5 Å². The molecule has 8 heteroatoms. The first-order valence-electron chi connectivity index (χ1n) is 8.05. The van der Waals surface area contributed by atoms with E-state index in [9.17, 15) is 4.79 Å². The number of rotatable bonds is 6. The number of fused-ring (bicyclic) bond motifs is 1. The zero-order valence-corrected chi connectivity index (χ0v) is 16.6. The van der Waals surface area contributed by atoms with E-state index >= 15 is 0 Å². The Labute approximate surface area is 159 Å². The van der Waals surface area contributed by atoms with Crippen LogP contribution in [0.15, 0.2) is 34.8 Å². The molecule has 0 spiro atoms. The summed E-state index contributed by atoms with van der Waals surface area (Å²) in [6, 6.07) is 7.70. The molecule has 0 aliphatic carbocycles. The second kappa shape index (κ2) is 7.76. The van der Waals surface area contributed by atoms with Gasteiger partial charge in [-0.1, -0.05) is 30.3 Å². The van der Waals surface area contributed by atoms with Crippen molar-refractivity contribution in [3.8, 4) is 0 Å². The van der Waals surface area contributed by atoms with E-state index in [1.165, 1.54) is 11.8 Å². The van der Waals surface area contributed by atoms with Crippen molar-refractivity contribution < 1.29 is 4.79 Å². The number of nitrogens with one attached hydrogen (secondary N) is 1. The molecule has 3 aromatic rings. The van der Waals surface area contributed by atoms with E-state index in [-0.39, 0.29) is 17.2 Å². The normalized spacial score (nSPS) is 13.8. The highest BCUT2D eigenvalue weighted by molar-refractivity contribution is 8.02. The molecule has 0 saturated heterocycles. The minimum atomic E-state index is -0.267. The van der Waals surface area contributed by atoms with Gasteiger partial charge in [-0.05, 0) is 38.5 Å². The maximum Gasteiger partial charge on any atom is 0.238 e. The number of carbonyl (C=O) groups is 1. The third-order valence-electron chi connectivity index (χ3n) is 3.91. The number of benzene rings is 1. The monoisotopic (exact) mass is 394 g/mol. The summed E-state index contributed by atoms with van der Waals surface area (Å²) in [5.41, 5.74) is 0.863. The Morgan fingerprint density at radius 3 is 2.96 bits per heavy atom. The van der Waals surface area contributed by atoms with Crippen molar-refractivity contribution in [2.75, 3.05) is 5.32 Å². The molecule has 2 atom stereocenters. The topological polar surface area (TPSA) is 59.8 Å². The summed E-state index contributed by atoms with van der Waals surface area (Å²) in [5.74, 6) is 0.662.